The fraction of sp³-hybridized carbons (Fsp3) is 0.200. The number of para-hydroxylation sites is 2. The number of phenols is 1. The largest absolute Gasteiger partial charge is 0.506 e. The highest BCUT2D eigenvalue weighted by atomic mass is 16.5. The fourth-order valence-electron chi connectivity index (χ4n) is 2.64. The number of esters is 1. The van der Waals surface area contributed by atoms with Crippen LogP contribution < -0.4 is 4.90 Å². The third-order valence-electron chi connectivity index (χ3n) is 3.86. The first kappa shape index (κ1) is 18.3. The Hall–Kier alpha value is -3.48. The first-order valence-electron chi connectivity index (χ1n) is 8.56. The number of phenolic OH excluding ortho intramolecular Hbond substituents is 1. The number of hydrogen-bond acceptors (Lipinski definition) is 7. The van der Waals surface area contributed by atoms with Crippen molar-refractivity contribution in [3.63, 3.8) is 0 Å². The van der Waals surface area contributed by atoms with Crippen LogP contribution in [-0.4, -0.2) is 32.6 Å². The minimum absolute atomic E-state index is 0.0690. The van der Waals surface area contributed by atoms with E-state index in [4.69, 9.17) is 4.74 Å². The van der Waals surface area contributed by atoms with E-state index in [1.165, 1.54) is 6.20 Å². The van der Waals surface area contributed by atoms with Crippen LogP contribution in [0.1, 0.15) is 28.8 Å². The maximum Gasteiger partial charge on any atom is 0.343 e. The molecule has 1 aromatic carbocycles. The van der Waals surface area contributed by atoms with Gasteiger partial charge in [-0.05, 0) is 38.1 Å². The highest BCUT2D eigenvalue weighted by molar-refractivity contribution is 5.95. The number of rotatable bonds is 6. The molecule has 27 heavy (non-hydrogen) atoms. The van der Waals surface area contributed by atoms with Crippen LogP contribution in [0.2, 0.25) is 0 Å². The van der Waals surface area contributed by atoms with Gasteiger partial charge in [0.1, 0.15) is 17.1 Å². The van der Waals surface area contributed by atoms with Crippen LogP contribution in [0.3, 0.4) is 0 Å². The fourth-order valence-corrected chi connectivity index (χ4v) is 2.64. The van der Waals surface area contributed by atoms with Crippen molar-refractivity contribution in [2.45, 2.75) is 20.4 Å². The van der Waals surface area contributed by atoms with E-state index in [0.717, 1.165) is 5.69 Å². The molecule has 0 bridgehead atoms. The van der Waals surface area contributed by atoms with Crippen LogP contribution in [0.5, 0.6) is 5.75 Å². The van der Waals surface area contributed by atoms with Gasteiger partial charge in [0.05, 0.1) is 24.5 Å². The molecule has 0 aliphatic rings. The number of benzene rings is 1. The van der Waals surface area contributed by atoms with Gasteiger partial charge in [0, 0.05) is 12.4 Å². The molecule has 0 saturated heterocycles. The monoisotopic (exact) mass is 364 g/mol. The Morgan fingerprint density at radius 3 is 2.63 bits per heavy atom. The molecular formula is C20H20N4O3. The molecule has 7 nitrogen and oxygen atoms in total. The van der Waals surface area contributed by atoms with Gasteiger partial charge in [-0.15, -0.1) is 0 Å². The molecule has 138 valence electrons. The number of aromatic hydroxyl groups is 1. The van der Waals surface area contributed by atoms with E-state index in [1.54, 1.807) is 49.2 Å². The van der Waals surface area contributed by atoms with Crippen molar-refractivity contribution in [2.24, 2.45) is 0 Å². The minimum Gasteiger partial charge on any atom is -0.506 e. The van der Waals surface area contributed by atoms with Gasteiger partial charge in [-0.25, -0.2) is 14.8 Å². The number of aryl methyl sites for hydroxylation is 1. The highest BCUT2D eigenvalue weighted by Gasteiger charge is 2.24. The molecule has 3 aromatic rings. The summed E-state index contributed by atoms with van der Waals surface area (Å²) in [7, 11) is 0. The summed E-state index contributed by atoms with van der Waals surface area (Å²) < 4.78 is 5.15. The molecule has 0 fully saturated rings. The molecule has 1 N–H and O–H groups in total. The van der Waals surface area contributed by atoms with E-state index in [9.17, 15) is 9.90 Å². The predicted octanol–water partition coefficient (Wildman–Crippen LogP) is 3.40. The number of pyridine rings is 1. The van der Waals surface area contributed by atoms with E-state index in [0.29, 0.717) is 23.9 Å². The average Bonchev–Trinajstić information content (AvgIpc) is 2.68. The summed E-state index contributed by atoms with van der Waals surface area (Å²) in [5, 5.41) is 10.4. The van der Waals surface area contributed by atoms with E-state index >= 15 is 0 Å². The van der Waals surface area contributed by atoms with E-state index < -0.39 is 5.97 Å². The van der Waals surface area contributed by atoms with Gasteiger partial charge in [0.15, 0.2) is 5.82 Å². The topological polar surface area (TPSA) is 88.4 Å². The van der Waals surface area contributed by atoms with Gasteiger partial charge in [-0.1, -0.05) is 18.2 Å². The lowest BCUT2D eigenvalue weighted by Crippen LogP contribution is -2.23. The van der Waals surface area contributed by atoms with Crippen LogP contribution >= 0.6 is 0 Å². The maximum absolute atomic E-state index is 12.4. The zero-order valence-corrected chi connectivity index (χ0v) is 15.2. The van der Waals surface area contributed by atoms with Crippen LogP contribution in [0.4, 0.5) is 11.5 Å². The molecule has 0 aliphatic heterocycles. The highest BCUT2D eigenvalue weighted by Crippen LogP contribution is 2.34. The molecule has 0 radical (unpaired) electrons. The van der Waals surface area contributed by atoms with E-state index in [-0.39, 0.29) is 17.9 Å². The summed E-state index contributed by atoms with van der Waals surface area (Å²) in [6.45, 7) is 4.02. The second-order valence-corrected chi connectivity index (χ2v) is 5.77. The zero-order valence-electron chi connectivity index (χ0n) is 15.2. The Balaban J connectivity index is 2.14. The van der Waals surface area contributed by atoms with Crippen molar-refractivity contribution < 1.29 is 14.6 Å². The number of nitrogens with zero attached hydrogens (tertiary/aromatic N) is 4. The molecule has 2 aromatic heterocycles. The Bertz CT molecular complexity index is 932. The first-order valence-corrected chi connectivity index (χ1v) is 8.56. The average molecular weight is 364 g/mol. The number of anilines is 2. The summed E-state index contributed by atoms with van der Waals surface area (Å²) in [5.74, 6) is 0.404. The van der Waals surface area contributed by atoms with Crippen LogP contribution in [-0.2, 0) is 11.3 Å². The second kappa shape index (κ2) is 8.27. The van der Waals surface area contributed by atoms with Crippen molar-refractivity contribution in [1.82, 2.24) is 15.0 Å². The lowest BCUT2D eigenvalue weighted by atomic mass is 10.2. The first-order chi connectivity index (χ1) is 13.1. The molecule has 0 amide bonds. The lowest BCUT2D eigenvalue weighted by Gasteiger charge is -2.26. The number of carbonyl (C=O) groups excluding carboxylic acids is 1. The molecule has 0 spiro atoms. The molecule has 7 heteroatoms. The van der Waals surface area contributed by atoms with Crippen LogP contribution in [0.15, 0.2) is 54.9 Å². The summed E-state index contributed by atoms with van der Waals surface area (Å²) in [5.41, 5.74) is 1.49. The van der Waals surface area contributed by atoms with Crippen LogP contribution in [0.25, 0.3) is 0 Å². The lowest BCUT2D eigenvalue weighted by molar-refractivity contribution is 0.0526. The number of carbonyl (C=O) groups is 1. The van der Waals surface area contributed by atoms with Crippen molar-refractivity contribution in [3.8, 4) is 5.75 Å². The maximum atomic E-state index is 12.4. The smallest absolute Gasteiger partial charge is 0.343 e. The van der Waals surface area contributed by atoms with Gasteiger partial charge >= 0.3 is 5.97 Å². The van der Waals surface area contributed by atoms with Gasteiger partial charge in [-0.2, -0.15) is 0 Å². The van der Waals surface area contributed by atoms with Crippen molar-refractivity contribution in [3.05, 3.63) is 71.9 Å². The quantitative estimate of drug-likeness (QED) is 0.671. The van der Waals surface area contributed by atoms with Crippen molar-refractivity contribution >= 4 is 17.5 Å². The van der Waals surface area contributed by atoms with Gasteiger partial charge in [0.25, 0.3) is 0 Å². The molecule has 0 saturated carbocycles. The number of aromatic nitrogens is 3. The van der Waals surface area contributed by atoms with Crippen LogP contribution in [0, 0.1) is 6.92 Å². The molecule has 2 heterocycles. The summed E-state index contributed by atoms with van der Waals surface area (Å²) in [4.78, 5) is 27.1. The summed E-state index contributed by atoms with van der Waals surface area (Å²) in [6.07, 6.45) is 3.14. The Labute approximate surface area is 157 Å². The minimum atomic E-state index is -0.519. The van der Waals surface area contributed by atoms with Crippen molar-refractivity contribution in [1.29, 1.82) is 0 Å². The van der Waals surface area contributed by atoms with Gasteiger partial charge in [0.2, 0.25) is 0 Å². The van der Waals surface area contributed by atoms with E-state index in [1.807, 2.05) is 18.2 Å². The Morgan fingerprint density at radius 1 is 1.15 bits per heavy atom. The Kier molecular flexibility index (Phi) is 5.61. The summed E-state index contributed by atoms with van der Waals surface area (Å²) >= 11 is 0. The molecule has 0 atom stereocenters. The summed E-state index contributed by atoms with van der Waals surface area (Å²) in [6, 6.07) is 12.4. The SMILES string of the molecule is CCOC(=O)c1cnc(C)nc1N(Cc1ccccn1)c1ccccc1O. The van der Waals surface area contributed by atoms with Crippen molar-refractivity contribution in [2.75, 3.05) is 11.5 Å². The Morgan fingerprint density at radius 2 is 1.93 bits per heavy atom. The standard InChI is InChI=1S/C20H20N4O3/c1-3-27-20(26)16-12-22-14(2)23-19(16)24(13-15-8-6-7-11-21-15)17-9-4-5-10-18(17)25/h4-12,25H,3,13H2,1-2H3. The third kappa shape index (κ3) is 4.20. The van der Waals surface area contributed by atoms with Gasteiger partial charge in [-0.3, -0.25) is 4.98 Å². The molecule has 0 aliphatic carbocycles. The predicted molar refractivity (Wildman–Crippen MR) is 101 cm³/mol. The second-order valence-electron chi connectivity index (χ2n) is 5.77. The zero-order chi connectivity index (χ0) is 19.2. The molecular weight excluding hydrogens is 344 g/mol. The molecule has 3 rings (SSSR count). The van der Waals surface area contributed by atoms with Gasteiger partial charge < -0.3 is 14.7 Å². The van der Waals surface area contributed by atoms with E-state index in [2.05, 4.69) is 15.0 Å². The third-order valence-corrected chi connectivity index (χ3v) is 3.86. The number of hydrogen-bond donors (Lipinski definition) is 1. The molecule has 0 unspecified atom stereocenters. The number of ether oxygens (including phenoxy) is 1. The normalized spacial score (nSPS) is 10.4.